The first-order chi connectivity index (χ1) is 13.8. The molecule has 3 aromatic rings. The summed E-state index contributed by atoms with van der Waals surface area (Å²) in [4.78, 5) is 18.3. The van der Waals surface area contributed by atoms with E-state index in [0.29, 0.717) is 6.54 Å². The maximum atomic E-state index is 4.61. The standard InChI is InChI=1S/C20H25N7S.HI/c1-3-17-24-20(28-25-17)27-12-10-26(11-13-27)19(21-2)23-14-16-7-4-6-15-8-5-9-22-18(15)16;/h4-9H,3,10-14H2,1-2H3,(H,21,23);1H. The van der Waals surface area contributed by atoms with E-state index in [1.165, 1.54) is 17.1 Å². The van der Waals surface area contributed by atoms with Crippen LogP contribution in [0.25, 0.3) is 10.9 Å². The first-order valence-electron chi connectivity index (χ1n) is 9.64. The van der Waals surface area contributed by atoms with Crippen molar-refractivity contribution in [1.82, 2.24) is 24.6 Å². The van der Waals surface area contributed by atoms with Gasteiger partial charge in [0.15, 0.2) is 5.96 Å². The van der Waals surface area contributed by atoms with Gasteiger partial charge in [-0.15, -0.1) is 24.0 Å². The second-order valence-corrected chi connectivity index (χ2v) is 7.44. The number of hydrogen-bond acceptors (Lipinski definition) is 6. The van der Waals surface area contributed by atoms with Crippen LogP contribution in [0.15, 0.2) is 41.5 Å². The summed E-state index contributed by atoms with van der Waals surface area (Å²) < 4.78 is 4.40. The lowest BCUT2D eigenvalue weighted by Crippen LogP contribution is -2.52. The molecule has 0 spiro atoms. The minimum atomic E-state index is 0. The molecule has 29 heavy (non-hydrogen) atoms. The topological polar surface area (TPSA) is 69.5 Å². The van der Waals surface area contributed by atoms with E-state index in [1.54, 1.807) is 0 Å². The lowest BCUT2D eigenvalue weighted by atomic mass is 10.1. The lowest BCUT2D eigenvalue weighted by Gasteiger charge is -2.36. The fourth-order valence-corrected chi connectivity index (χ4v) is 4.24. The molecule has 0 radical (unpaired) electrons. The molecule has 3 heterocycles. The Hall–Kier alpha value is -2.01. The Morgan fingerprint density at radius 3 is 2.69 bits per heavy atom. The van der Waals surface area contributed by atoms with Crippen molar-refractivity contribution in [3.8, 4) is 0 Å². The molecule has 1 saturated heterocycles. The van der Waals surface area contributed by atoms with Crippen molar-refractivity contribution in [3.63, 3.8) is 0 Å². The molecule has 1 N–H and O–H groups in total. The number of rotatable bonds is 4. The molecule has 0 amide bonds. The summed E-state index contributed by atoms with van der Waals surface area (Å²) in [6.45, 7) is 6.47. The minimum absolute atomic E-state index is 0. The summed E-state index contributed by atoms with van der Waals surface area (Å²) in [5.41, 5.74) is 2.22. The Bertz CT molecular complexity index is 961. The van der Waals surface area contributed by atoms with Gasteiger partial charge >= 0.3 is 0 Å². The van der Waals surface area contributed by atoms with E-state index < -0.39 is 0 Å². The number of aliphatic imine (C=N–C) groups is 1. The van der Waals surface area contributed by atoms with Crippen molar-refractivity contribution in [2.75, 3.05) is 38.1 Å². The Balaban J connectivity index is 0.00000240. The quantitative estimate of drug-likeness (QED) is 0.322. The van der Waals surface area contributed by atoms with Gasteiger partial charge in [0.2, 0.25) is 5.13 Å². The zero-order valence-electron chi connectivity index (χ0n) is 16.7. The highest BCUT2D eigenvalue weighted by atomic mass is 127. The molecule has 0 saturated carbocycles. The van der Waals surface area contributed by atoms with E-state index in [4.69, 9.17) is 0 Å². The molecule has 1 aliphatic rings. The Morgan fingerprint density at radius 1 is 1.17 bits per heavy atom. The van der Waals surface area contributed by atoms with Crippen molar-refractivity contribution < 1.29 is 0 Å². The smallest absolute Gasteiger partial charge is 0.205 e. The Morgan fingerprint density at radius 2 is 1.97 bits per heavy atom. The van der Waals surface area contributed by atoms with E-state index in [1.807, 2.05) is 19.3 Å². The van der Waals surface area contributed by atoms with Crippen LogP contribution < -0.4 is 10.2 Å². The number of piperazine rings is 1. The van der Waals surface area contributed by atoms with Gasteiger partial charge in [-0.3, -0.25) is 9.98 Å². The number of guanidine groups is 1. The van der Waals surface area contributed by atoms with Gasteiger partial charge < -0.3 is 15.1 Å². The highest BCUT2D eigenvalue weighted by Crippen LogP contribution is 2.19. The van der Waals surface area contributed by atoms with E-state index in [0.717, 1.165) is 60.4 Å². The zero-order valence-corrected chi connectivity index (χ0v) is 19.9. The fourth-order valence-electron chi connectivity index (χ4n) is 3.44. The van der Waals surface area contributed by atoms with Crippen LogP contribution in [0.3, 0.4) is 0 Å². The van der Waals surface area contributed by atoms with Crippen LogP contribution in [-0.2, 0) is 13.0 Å². The van der Waals surface area contributed by atoms with Crippen LogP contribution in [0.5, 0.6) is 0 Å². The number of pyridine rings is 1. The van der Waals surface area contributed by atoms with Crippen LogP contribution in [0.2, 0.25) is 0 Å². The SMILES string of the molecule is CCc1nsc(N2CCN(C(=NC)NCc3cccc4cccnc34)CC2)n1.I. The molecule has 1 fully saturated rings. The summed E-state index contributed by atoms with van der Waals surface area (Å²) in [5.74, 6) is 1.86. The van der Waals surface area contributed by atoms with E-state index in [9.17, 15) is 0 Å². The summed E-state index contributed by atoms with van der Waals surface area (Å²) in [7, 11) is 1.84. The normalized spacial score (nSPS) is 14.8. The molecule has 9 heteroatoms. The third kappa shape index (κ3) is 4.95. The number of para-hydroxylation sites is 1. The molecule has 0 aliphatic carbocycles. The molecule has 1 aliphatic heterocycles. The molecule has 7 nitrogen and oxygen atoms in total. The van der Waals surface area contributed by atoms with Crippen molar-refractivity contribution in [2.24, 2.45) is 4.99 Å². The van der Waals surface area contributed by atoms with Gasteiger partial charge in [-0.1, -0.05) is 31.2 Å². The van der Waals surface area contributed by atoms with Crippen molar-refractivity contribution in [3.05, 3.63) is 47.9 Å². The van der Waals surface area contributed by atoms with Gasteiger partial charge in [-0.25, -0.2) is 4.98 Å². The van der Waals surface area contributed by atoms with Gasteiger partial charge in [0.1, 0.15) is 5.82 Å². The first kappa shape index (κ1) is 21.7. The lowest BCUT2D eigenvalue weighted by molar-refractivity contribution is 0.372. The van der Waals surface area contributed by atoms with Crippen LogP contribution in [0.4, 0.5) is 5.13 Å². The summed E-state index contributed by atoms with van der Waals surface area (Å²) in [6, 6.07) is 10.4. The molecule has 154 valence electrons. The second kappa shape index (κ2) is 10.1. The predicted molar refractivity (Wildman–Crippen MR) is 130 cm³/mol. The molecule has 0 bridgehead atoms. The van der Waals surface area contributed by atoms with E-state index >= 15 is 0 Å². The van der Waals surface area contributed by atoms with Crippen molar-refractivity contribution in [1.29, 1.82) is 0 Å². The van der Waals surface area contributed by atoms with Crippen LogP contribution >= 0.6 is 35.5 Å². The van der Waals surface area contributed by atoms with E-state index in [2.05, 4.69) is 65.6 Å². The molecule has 1 aromatic carbocycles. The molecular formula is C20H26IN7S. The summed E-state index contributed by atoms with van der Waals surface area (Å²) in [6.07, 6.45) is 2.73. The van der Waals surface area contributed by atoms with Gasteiger partial charge in [-0.05, 0) is 11.6 Å². The molecule has 0 unspecified atom stereocenters. The molecule has 0 atom stereocenters. The minimum Gasteiger partial charge on any atom is -0.352 e. The highest BCUT2D eigenvalue weighted by molar-refractivity contribution is 14.0. The zero-order chi connectivity index (χ0) is 19.3. The molecule has 4 rings (SSSR count). The number of nitrogens with zero attached hydrogens (tertiary/aromatic N) is 6. The summed E-state index contributed by atoms with van der Waals surface area (Å²) in [5, 5.41) is 5.70. The average molecular weight is 523 g/mol. The number of halogens is 1. The third-order valence-electron chi connectivity index (χ3n) is 4.99. The van der Waals surface area contributed by atoms with Gasteiger partial charge in [-0.2, -0.15) is 4.37 Å². The largest absolute Gasteiger partial charge is 0.352 e. The van der Waals surface area contributed by atoms with Crippen LogP contribution in [0, 0.1) is 0 Å². The number of aromatic nitrogens is 3. The number of aryl methyl sites for hydroxylation is 1. The van der Waals surface area contributed by atoms with Gasteiger partial charge in [0.25, 0.3) is 0 Å². The maximum absolute atomic E-state index is 4.61. The van der Waals surface area contributed by atoms with Crippen molar-refractivity contribution >= 4 is 57.5 Å². The van der Waals surface area contributed by atoms with Crippen LogP contribution in [-0.4, -0.2) is 58.4 Å². The predicted octanol–water partition coefficient (Wildman–Crippen LogP) is 3.16. The number of benzene rings is 1. The summed E-state index contributed by atoms with van der Waals surface area (Å²) >= 11 is 1.50. The Kier molecular flexibility index (Phi) is 7.59. The third-order valence-corrected chi connectivity index (χ3v) is 5.80. The number of anilines is 1. The monoisotopic (exact) mass is 523 g/mol. The number of fused-ring (bicyclic) bond motifs is 1. The van der Waals surface area contributed by atoms with Crippen LogP contribution in [0.1, 0.15) is 18.3 Å². The van der Waals surface area contributed by atoms with Gasteiger partial charge in [0.05, 0.1) is 5.52 Å². The van der Waals surface area contributed by atoms with Crippen molar-refractivity contribution in [2.45, 2.75) is 19.9 Å². The molecular weight excluding hydrogens is 497 g/mol. The molecule has 2 aromatic heterocycles. The number of nitrogens with one attached hydrogen (secondary N) is 1. The average Bonchev–Trinajstić information content (AvgIpc) is 3.24. The highest BCUT2D eigenvalue weighted by Gasteiger charge is 2.22. The Labute approximate surface area is 192 Å². The maximum Gasteiger partial charge on any atom is 0.205 e. The second-order valence-electron chi connectivity index (χ2n) is 6.71. The van der Waals surface area contributed by atoms with Gasteiger partial charge in [0, 0.05) is 69.3 Å². The fraction of sp³-hybridized carbons (Fsp3) is 0.400. The van der Waals surface area contributed by atoms with E-state index in [-0.39, 0.29) is 24.0 Å². The number of hydrogen-bond donors (Lipinski definition) is 1. The first-order valence-corrected chi connectivity index (χ1v) is 10.4.